The minimum Gasteiger partial charge on any atom is -0.350 e. The summed E-state index contributed by atoms with van der Waals surface area (Å²) in [4.78, 5) is 13.4. The van der Waals surface area contributed by atoms with Crippen LogP contribution in [-0.2, 0) is 11.3 Å². The molecule has 22 heavy (non-hydrogen) atoms. The van der Waals surface area contributed by atoms with Crippen LogP contribution in [0.2, 0.25) is 0 Å². The maximum Gasteiger partial charge on any atom is 0.237 e. The van der Waals surface area contributed by atoms with Crippen LogP contribution in [0, 0.1) is 5.92 Å². The number of carbonyl (C=O) groups is 1. The van der Waals surface area contributed by atoms with Crippen LogP contribution < -0.4 is 10.6 Å². The molecule has 0 spiro atoms. The second-order valence-electron chi connectivity index (χ2n) is 5.82. The van der Waals surface area contributed by atoms with Crippen molar-refractivity contribution >= 4 is 17.2 Å². The number of nitrogens with one attached hydrogen (secondary N) is 2. The van der Waals surface area contributed by atoms with E-state index in [1.165, 1.54) is 10.4 Å². The standard InChI is InChI=1S/C18H24N2OS/c1-13(2)17(15-8-5-4-6-9-15)20-14(3)18(21)19-12-16-10-7-11-22-16/h4-11,13-14,17,20H,12H2,1-3H3,(H,19,21)/t14-,17+/m1/s1. The summed E-state index contributed by atoms with van der Waals surface area (Å²) in [6, 6.07) is 14.3. The lowest BCUT2D eigenvalue weighted by Gasteiger charge is -2.26. The molecule has 0 saturated carbocycles. The SMILES string of the molecule is CC(C)[C@H](N[C@H](C)C(=O)NCc1cccs1)c1ccccc1. The number of hydrogen-bond acceptors (Lipinski definition) is 3. The Balaban J connectivity index is 1.93. The van der Waals surface area contributed by atoms with Gasteiger partial charge in [-0.05, 0) is 29.9 Å². The van der Waals surface area contributed by atoms with Gasteiger partial charge in [0.05, 0.1) is 12.6 Å². The molecule has 2 rings (SSSR count). The van der Waals surface area contributed by atoms with Crippen LogP contribution in [0.4, 0.5) is 0 Å². The molecule has 2 N–H and O–H groups in total. The molecule has 0 unspecified atom stereocenters. The largest absolute Gasteiger partial charge is 0.350 e. The van der Waals surface area contributed by atoms with Gasteiger partial charge in [-0.3, -0.25) is 10.1 Å². The summed E-state index contributed by atoms with van der Waals surface area (Å²) in [5.74, 6) is 0.449. The fourth-order valence-electron chi connectivity index (χ4n) is 2.42. The van der Waals surface area contributed by atoms with Crippen LogP contribution in [-0.4, -0.2) is 11.9 Å². The van der Waals surface area contributed by atoms with Crippen LogP contribution in [0.25, 0.3) is 0 Å². The topological polar surface area (TPSA) is 41.1 Å². The van der Waals surface area contributed by atoms with Gasteiger partial charge in [0.15, 0.2) is 0 Å². The maximum absolute atomic E-state index is 12.3. The summed E-state index contributed by atoms with van der Waals surface area (Å²) >= 11 is 1.66. The normalized spacial score (nSPS) is 13.8. The Labute approximate surface area is 136 Å². The Morgan fingerprint density at radius 1 is 1.09 bits per heavy atom. The van der Waals surface area contributed by atoms with E-state index in [0.717, 1.165) is 0 Å². The number of amides is 1. The van der Waals surface area contributed by atoms with Gasteiger partial charge in [0.25, 0.3) is 0 Å². The van der Waals surface area contributed by atoms with E-state index in [1.807, 2.05) is 42.6 Å². The van der Waals surface area contributed by atoms with E-state index in [9.17, 15) is 4.79 Å². The molecule has 0 radical (unpaired) electrons. The number of hydrogen-bond donors (Lipinski definition) is 2. The molecule has 0 aliphatic heterocycles. The second-order valence-corrected chi connectivity index (χ2v) is 6.85. The summed E-state index contributed by atoms with van der Waals surface area (Å²) in [7, 11) is 0. The smallest absolute Gasteiger partial charge is 0.237 e. The molecule has 0 bridgehead atoms. The molecule has 2 aromatic rings. The molecule has 2 atom stereocenters. The number of carbonyl (C=O) groups excluding carboxylic acids is 1. The maximum atomic E-state index is 12.3. The van der Waals surface area contributed by atoms with Crippen molar-refractivity contribution in [3.05, 3.63) is 58.3 Å². The van der Waals surface area contributed by atoms with E-state index < -0.39 is 0 Å². The van der Waals surface area contributed by atoms with Gasteiger partial charge in [0.1, 0.15) is 0 Å². The molecule has 0 aliphatic rings. The minimum absolute atomic E-state index is 0.0370. The van der Waals surface area contributed by atoms with Crippen molar-refractivity contribution in [3.63, 3.8) is 0 Å². The third-order valence-corrected chi connectivity index (χ3v) is 4.54. The minimum atomic E-state index is -0.229. The fourth-order valence-corrected chi connectivity index (χ4v) is 3.06. The molecule has 4 heteroatoms. The highest BCUT2D eigenvalue weighted by molar-refractivity contribution is 7.09. The highest BCUT2D eigenvalue weighted by Gasteiger charge is 2.21. The van der Waals surface area contributed by atoms with Gasteiger partial charge in [-0.2, -0.15) is 0 Å². The van der Waals surface area contributed by atoms with E-state index >= 15 is 0 Å². The summed E-state index contributed by atoms with van der Waals surface area (Å²) in [6.07, 6.45) is 0. The molecular formula is C18H24N2OS. The van der Waals surface area contributed by atoms with E-state index in [0.29, 0.717) is 12.5 Å². The lowest BCUT2D eigenvalue weighted by Crippen LogP contribution is -2.44. The first kappa shape index (κ1) is 16.7. The Morgan fingerprint density at radius 3 is 2.41 bits per heavy atom. The van der Waals surface area contributed by atoms with E-state index in [1.54, 1.807) is 11.3 Å². The van der Waals surface area contributed by atoms with Crippen molar-refractivity contribution in [1.29, 1.82) is 0 Å². The van der Waals surface area contributed by atoms with Crippen LogP contribution in [0.1, 0.15) is 37.3 Å². The summed E-state index contributed by atoms with van der Waals surface area (Å²) in [6.45, 7) is 6.85. The van der Waals surface area contributed by atoms with Crippen LogP contribution >= 0.6 is 11.3 Å². The Bertz CT molecular complexity index is 566. The van der Waals surface area contributed by atoms with Crippen LogP contribution in [0.15, 0.2) is 47.8 Å². The number of benzene rings is 1. The third kappa shape index (κ3) is 4.68. The van der Waals surface area contributed by atoms with Crippen molar-refractivity contribution in [2.75, 3.05) is 0 Å². The number of rotatable bonds is 7. The summed E-state index contributed by atoms with van der Waals surface area (Å²) in [5, 5.41) is 8.46. The molecule has 1 heterocycles. The van der Waals surface area contributed by atoms with E-state index in [4.69, 9.17) is 0 Å². The van der Waals surface area contributed by atoms with E-state index in [2.05, 4.69) is 36.6 Å². The highest BCUT2D eigenvalue weighted by atomic mass is 32.1. The monoisotopic (exact) mass is 316 g/mol. The fraction of sp³-hybridized carbons (Fsp3) is 0.389. The van der Waals surface area contributed by atoms with Gasteiger partial charge in [-0.1, -0.05) is 50.2 Å². The first-order chi connectivity index (χ1) is 10.6. The van der Waals surface area contributed by atoms with Gasteiger partial charge in [0, 0.05) is 10.9 Å². The first-order valence-corrected chi connectivity index (χ1v) is 8.57. The zero-order valence-electron chi connectivity index (χ0n) is 13.4. The van der Waals surface area contributed by atoms with Gasteiger partial charge >= 0.3 is 0 Å². The molecule has 0 fully saturated rings. The molecule has 0 saturated heterocycles. The average Bonchev–Trinajstić information content (AvgIpc) is 3.04. The molecule has 1 aromatic carbocycles. The van der Waals surface area contributed by atoms with Crippen molar-refractivity contribution in [1.82, 2.24) is 10.6 Å². The Hall–Kier alpha value is -1.65. The van der Waals surface area contributed by atoms with Crippen molar-refractivity contribution in [2.45, 2.75) is 39.4 Å². The van der Waals surface area contributed by atoms with Crippen LogP contribution in [0.5, 0.6) is 0 Å². The lowest BCUT2D eigenvalue weighted by molar-refractivity contribution is -0.123. The lowest BCUT2D eigenvalue weighted by atomic mass is 9.95. The Morgan fingerprint density at radius 2 is 1.82 bits per heavy atom. The number of thiophene rings is 1. The molecule has 0 aliphatic carbocycles. The molecule has 118 valence electrons. The van der Waals surface area contributed by atoms with Gasteiger partial charge < -0.3 is 5.32 Å². The zero-order chi connectivity index (χ0) is 15.9. The highest BCUT2D eigenvalue weighted by Crippen LogP contribution is 2.21. The summed E-state index contributed by atoms with van der Waals surface area (Å²) in [5.41, 5.74) is 1.22. The van der Waals surface area contributed by atoms with Crippen molar-refractivity contribution in [2.24, 2.45) is 5.92 Å². The van der Waals surface area contributed by atoms with E-state index in [-0.39, 0.29) is 18.0 Å². The van der Waals surface area contributed by atoms with Gasteiger partial charge in [0.2, 0.25) is 5.91 Å². The van der Waals surface area contributed by atoms with Crippen molar-refractivity contribution < 1.29 is 4.79 Å². The third-order valence-electron chi connectivity index (χ3n) is 3.67. The molecule has 1 aromatic heterocycles. The summed E-state index contributed by atoms with van der Waals surface area (Å²) < 4.78 is 0. The molecule has 3 nitrogen and oxygen atoms in total. The van der Waals surface area contributed by atoms with Crippen molar-refractivity contribution in [3.8, 4) is 0 Å². The van der Waals surface area contributed by atoms with Gasteiger partial charge in [-0.25, -0.2) is 0 Å². The van der Waals surface area contributed by atoms with Gasteiger partial charge in [-0.15, -0.1) is 11.3 Å². The zero-order valence-corrected chi connectivity index (χ0v) is 14.2. The van der Waals surface area contributed by atoms with Crippen LogP contribution in [0.3, 0.4) is 0 Å². The second kappa shape index (κ2) is 8.11. The molecular weight excluding hydrogens is 292 g/mol. The predicted octanol–water partition coefficient (Wildman–Crippen LogP) is 3.74. The predicted molar refractivity (Wildman–Crippen MR) is 92.8 cm³/mol. The molecule has 1 amide bonds. The first-order valence-electron chi connectivity index (χ1n) is 7.69. The Kier molecular flexibility index (Phi) is 6.16. The average molecular weight is 316 g/mol. The quantitative estimate of drug-likeness (QED) is 0.817.